The van der Waals surface area contributed by atoms with Crippen LogP contribution in [0, 0.1) is 17.8 Å². The number of benzene rings is 1. The molecule has 8 N–H and O–H groups in total. The van der Waals surface area contributed by atoms with Gasteiger partial charge in [-0.05, 0) is 63.9 Å². The van der Waals surface area contributed by atoms with Crippen molar-refractivity contribution in [1.29, 1.82) is 0 Å². The summed E-state index contributed by atoms with van der Waals surface area (Å²) >= 11 is 0. The Bertz CT molecular complexity index is 1380. The zero-order chi connectivity index (χ0) is 30.8. The van der Waals surface area contributed by atoms with Crippen LogP contribution in [0.1, 0.15) is 40.7 Å². The molecule has 0 spiro atoms. The molecule has 5 rings (SSSR count). The lowest BCUT2D eigenvalue weighted by molar-refractivity contribution is -0.178. The number of nitrogens with one attached hydrogen (secondary N) is 2. The van der Waals surface area contributed by atoms with Crippen LogP contribution in [0.4, 0.5) is 5.69 Å². The fraction of sp³-hybridized carbons (Fsp3) is 0.586. The van der Waals surface area contributed by atoms with Crippen LogP contribution >= 0.6 is 0 Å². The Balaban J connectivity index is 1.60. The van der Waals surface area contributed by atoms with Crippen LogP contribution in [0.2, 0.25) is 0 Å². The van der Waals surface area contributed by atoms with Crippen molar-refractivity contribution < 1.29 is 39.6 Å². The summed E-state index contributed by atoms with van der Waals surface area (Å²) in [6, 6.07) is 0.443. The van der Waals surface area contributed by atoms with Gasteiger partial charge in [0.2, 0.25) is 11.8 Å². The summed E-state index contributed by atoms with van der Waals surface area (Å²) in [4.78, 5) is 55.8. The number of carbonyl (C=O) groups excluding carboxylic acids is 4. The number of allylic oxidation sites excluding steroid dienone is 1. The van der Waals surface area contributed by atoms with E-state index in [0.717, 1.165) is 13.0 Å². The van der Waals surface area contributed by atoms with Crippen LogP contribution in [0.15, 0.2) is 17.4 Å². The molecule has 4 unspecified atom stereocenters. The number of Topliss-reactive ketones (excluding diaryl/α,β-unsaturated/α-hetero) is 2. The number of rotatable bonds is 6. The van der Waals surface area contributed by atoms with E-state index in [-0.39, 0.29) is 48.2 Å². The quantitative estimate of drug-likeness (QED) is 0.196. The number of nitrogens with two attached hydrogens (primary N) is 1. The average molecular weight is 586 g/mol. The highest BCUT2D eigenvalue weighted by Crippen LogP contribution is 2.53. The summed E-state index contributed by atoms with van der Waals surface area (Å²) in [5, 5.41) is 51.6. The minimum Gasteiger partial charge on any atom is -0.508 e. The number of likely N-dealkylation sites (N-methyl/N-ethyl adjacent to an activating group) is 1. The number of nitrogens with zero attached hydrogens (tertiary/aromatic N) is 2. The molecule has 0 aromatic heterocycles. The average Bonchev–Trinajstić information content (AvgIpc) is 3.45. The molecule has 1 saturated heterocycles. The number of amides is 2. The van der Waals surface area contributed by atoms with E-state index in [1.165, 1.54) is 0 Å². The predicted molar refractivity (Wildman–Crippen MR) is 151 cm³/mol. The highest BCUT2D eigenvalue weighted by atomic mass is 16.4. The van der Waals surface area contributed by atoms with E-state index >= 15 is 0 Å². The molecule has 13 nitrogen and oxygen atoms in total. The number of ketones is 2. The van der Waals surface area contributed by atoms with Gasteiger partial charge in [0, 0.05) is 49.4 Å². The van der Waals surface area contributed by atoms with Gasteiger partial charge in [0.05, 0.1) is 17.7 Å². The van der Waals surface area contributed by atoms with Crippen LogP contribution < -0.4 is 21.3 Å². The lowest BCUT2D eigenvalue weighted by Crippen LogP contribution is -2.71. The number of phenols is 1. The van der Waals surface area contributed by atoms with Gasteiger partial charge in [0.25, 0.3) is 0 Å². The summed E-state index contributed by atoms with van der Waals surface area (Å²) in [7, 11) is 6.80. The van der Waals surface area contributed by atoms with Crippen molar-refractivity contribution >= 4 is 29.1 Å². The van der Waals surface area contributed by atoms with E-state index in [1.54, 1.807) is 44.1 Å². The number of hydrogen-bond donors (Lipinski definition) is 7. The highest BCUT2D eigenvalue weighted by molar-refractivity contribution is 6.16. The third-order valence-electron chi connectivity index (χ3n) is 9.46. The van der Waals surface area contributed by atoms with Gasteiger partial charge in [0.15, 0.2) is 17.2 Å². The van der Waals surface area contributed by atoms with Gasteiger partial charge < -0.3 is 46.6 Å². The minimum atomic E-state index is -2.65. The molecule has 3 aliphatic carbocycles. The molecule has 4 aliphatic rings. The topological polar surface area (TPSA) is 206 Å². The number of primary amides is 1. The first-order chi connectivity index (χ1) is 19.7. The van der Waals surface area contributed by atoms with Gasteiger partial charge >= 0.3 is 0 Å². The zero-order valence-corrected chi connectivity index (χ0v) is 24.2. The predicted octanol–water partition coefficient (Wildman–Crippen LogP) is -1.28. The molecule has 7 atom stereocenters. The highest BCUT2D eigenvalue weighted by Gasteiger charge is 2.66. The molecular weight excluding hydrogens is 546 g/mol. The number of aromatic hydroxyl groups is 1. The Hall–Kier alpha value is -3.52. The van der Waals surface area contributed by atoms with Gasteiger partial charge in [-0.3, -0.25) is 19.2 Å². The van der Waals surface area contributed by atoms with Crippen molar-refractivity contribution in [3.05, 3.63) is 34.1 Å². The van der Waals surface area contributed by atoms with E-state index < -0.39 is 58.7 Å². The van der Waals surface area contributed by atoms with Gasteiger partial charge in [-0.1, -0.05) is 0 Å². The van der Waals surface area contributed by atoms with E-state index in [2.05, 4.69) is 10.6 Å². The maximum Gasteiger partial charge on any atom is 0.237 e. The van der Waals surface area contributed by atoms with Crippen LogP contribution in [0.3, 0.4) is 0 Å². The van der Waals surface area contributed by atoms with Crippen molar-refractivity contribution in [2.24, 2.45) is 23.5 Å². The summed E-state index contributed by atoms with van der Waals surface area (Å²) in [5.74, 6) is -8.05. The van der Waals surface area contributed by atoms with E-state index in [0.29, 0.717) is 23.2 Å². The number of fused-ring (bicyclic) bond motifs is 3. The van der Waals surface area contributed by atoms with Crippen LogP contribution in [-0.4, -0.2) is 107 Å². The number of phenolic OH excluding ortho intramolecular Hbond substituents is 1. The second kappa shape index (κ2) is 10.6. The fourth-order valence-corrected chi connectivity index (χ4v) is 7.46. The lowest BCUT2D eigenvalue weighted by Gasteiger charge is -2.53. The summed E-state index contributed by atoms with van der Waals surface area (Å²) < 4.78 is 0. The van der Waals surface area contributed by atoms with Crippen LogP contribution in [0.5, 0.6) is 5.75 Å². The molecular formula is C29H39N5O8. The first-order valence-electron chi connectivity index (χ1n) is 14.2. The molecule has 0 bridgehead atoms. The third kappa shape index (κ3) is 4.37. The first-order valence-corrected chi connectivity index (χ1v) is 14.2. The second-order valence-corrected chi connectivity index (χ2v) is 12.3. The molecule has 13 heteroatoms. The van der Waals surface area contributed by atoms with Crippen molar-refractivity contribution in [3.63, 3.8) is 0 Å². The number of anilines is 1. The molecule has 2 amide bonds. The number of aliphatic hydroxyl groups excluding tert-OH is 2. The van der Waals surface area contributed by atoms with Gasteiger partial charge in [-0.2, -0.15) is 0 Å². The maximum absolute atomic E-state index is 14.1. The molecule has 2 fully saturated rings. The summed E-state index contributed by atoms with van der Waals surface area (Å²) in [6.45, 7) is 0.692. The molecule has 0 radical (unpaired) electrons. The van der Waals surface area contributed by atoms with E-state index in [4.69, 9.17) is 5.73 Å². The molecule has 1 saturated carbocycles. The smallest absolute Gasteiger partial charge is 0.237 e. The molecule has 1 aliphatic heterocycles. The number of carbonyl (C=O) groups is 4. The Labute approximate surface area is 243 Å². The summed E-state index contributed by atoms with van der Waals surface area (Å²) in [6.07, 6.45) is 0.276. The fourth-order valence-electron chi connectivity index (χ4n) is 7.46. The van der Waals surface area contributed by atoms with Gasteiger partial charge in [0.1, 0.15) is 17.4 Å². The maximum atomic E-state index is 14.1. The minimum absolute atomic E-state index is 0.0397. The molecule has 42 heavy (non-hydrogen) atoms. The molecule has 1 aromatic rings. The van der Waals surface area contributed by atoms with Crippen LogP contribution in [0.25, 0.3) is 0 Å². The van der Waals surface area contributed by atoms with Crippen LogP contribution in [-0.2, 0) is 27.3 Å². The molecule has 1 heterocycles. The van der Waals surface area contributed by atoms with Crippen molar-refractivity contribution in [1.82, 2.24) is 15.5 Å². The van der Waals surface area contributed by atoms with Crippen molar-refractivity contribution in [2.75, 3.05) is 39.6 Å². The third-order valence-corrected chi connectivity index (χ3v) is 9.46. The SMILES string of the molecule is CN(C)c1cc(CNC(=O)C2CCCN2)c(O)c2c1C[C@H]1C[C@H]3C(N(C)C)C(O)C(C(N)=O)C(=O)[C@@]3(O)C(O)=C1C2=O. The monoisotopic (exact) mass is 585 g/mol. The largest absolute Gasteiger partial charge is 0.508 e. The normalized spacial score (nSPS) is 32.4. The lowest BCUT2D eigenvalue weighted by atomic mass is 9.56. The van der Waals surface area contributed by atoms with Gasteiger partial charge in [-0.15, -0.1) is 0 Å². The Morgan fingerprint density at radius 2 is 1.88 bits per heavy atom. The second-order valence-electron chi connectivity index (χ2n) is 12.3. The van der Waals surface area contributed by atoms with E-state index in [9.17, 15) is 39.6 Å². The molecule has 228 valence electrons. The first kappa shape index (κ1) is 30.0. The Morgan fingerprint density at radius 3 is 2.45 bits per heavy atom. The Kier molecular flexibility index (Phi) is 7.59. The standard InChI is InChI=1S/C29H39N5O8/c1-33(2)17-10-13(11-32-28(41)16-6-5-7-31-16)22(35)19-14(17)8-12-9-15-21(34(3)4)24(37)20(27(30)40)26(39)29(15,42)25(38)18(12)23(19)36/h10,12,15-16,20-21,24,31,35,37-38,42H,5-9,11H2,1-4H3,(H2,30,40)(H,32,41)/t12-,15-,16?,20?,21?,24?,29-/m0/s1. The number of aliphatic hydroxyl groups is 3. The van der Waals surface area contributed by atoms with Crippen molar-refractivity contribution in [3.8, 4) is 5.75 Å². The van der Waals surface area contributed by atoms with E-state index in [1.807, 2.05) is 0 Å². The number of hydrogen-bond acceptors (Lipinski definition) is 11. The molecule has 1 aromatic carbocycles. The van der Waals surface area contributed by atoms with Crippen molar-refractivity contribution in [2.45, 2.75) is 56.0 Å². The summed E-state index contributed by atoms with van der Waals surface area (Å²) in [5.41, 5.74) is 3.96. The van der Waals surface area contributed by atoms with Gasteiger partial charge in [-0.25, -0.2) is 0 Å². The Morgan fingerprint density at radius 1 is 1.19 bits per heavy atom. The zero-order valence-electron chi connectivity index (χ0n) is 24.2.